The second-order valence-electron chi connectivity index (χ2n) is 15.4. The highest BCUT2D eigenvalue weighted by atomic mass is 35.5. The largest absolute Gasteiger partial charge is 0.439 e. The van der Waals surface area contributed by atoms with Gasteiger partial charge < -0.3 is 20.0 Å². The van der Waals surface area contributed by atoms with Crippen molar-refractivity contribution in [2.45, 2.75) is 51.2 Å². The van der Waals surface area contributed by atoms with E-state index in [0.29, 0.717) is 24.4 Å². The lowest BCUT2D eigenvalue weighted by molar-refractivity contribution is -0.275. The summed E-state index contributed by atoms with van der Waals surface area (Å²) in [7, 11) is 0. The average Bonchev–Trinajstić information content (AvgIpc) is 3.75. The molecule has 2 N–H and O–H groups in total. The number of aliphatic hydroxyl groups excluding tert-OH is 1. The van der Waals surface area contributed by atoms with Crippen LogP contribution in [0, 0.1) is 0 Å². The predicted molar refractivity (Wildman–Crippen MR) is 230 cm³/mol. The van der Waals surface area contributed by atoms with Gasteiger partial charge in [0.25, 0.3) is 6.29 Å². The summed E-state index contributed by atoms with van der Waals surface area (Å²) in [5, 5.41) is 25.0. The first-order chi connectivity index (χ1) is 29.2. The smallest absolute Gasteiger partial charge is 0.369 e. The molecule has 0 saturated carbocycles. The Hall–Kier alpha value is -4.91. The number of nitrogens with zero attached hydrogens (tertiary/aromatic N) is 10. The molecule has 0 radical (unpaired) electrons. The minimum Gasteiger partial charge on any atom is -0.369 e. The van der Waals surface area contributed by atoms with Gasteiger partial charge in [-0.2, -0.15) is 13.2 Å². The van der Waals surface area contributed by atoms with Crippen molar-refractivity contribution in [3.8, 4) is 0 Å². The Balaban J connectivity index is 0.000000739. The van der Waals surface area contributed by atoms with Crippen LogP contribution >= 0.6 is 23.2 Å². The number of halogens is 5. The van der Waals surface area contributed by atoms with Gasteiger partial charge in [0, 0.05) is 118 Å². The lowest BCUT2D eigenvalue weighted by Gasteiger charge is -2.37. The monoisotopic (exact) mass is 884 g/mol. The van der Waals surface area contributed by atoms with Crippen LogP contribution in [-0.4, -0.2) is 126 Å². The van der Waals surface area contributed by atoms with Crippen molar-refractivity contribution in [3.05, 3.63) is 127 Å². The third-order valence-electron chi connectivity index (χ3n) is 11.2. The van der Waals surface area contributed by atoms with E-state index in [1.54, 1.807) is 30.6 Å². The zero-order chi connectivity index (χ0) is 43.3. The van der Waals surface area contributed by atoms with Crippen LogP contribution in [0.1, 0.15) is 36.8 Å². The number of aliphatic hydroxyl groups is 2. The van der Waals surface area contributed by atoms with E-state index in [1.807, 2.05) is 36.4 Å². The second kappa shape index (κ2) is 19.4. The van der Waals surface area contributed by atoms with Gasteiger partial charge in [-0.1, -0.05) is 42.3 Å². The summed E-state index contributed by atoms with van der Waals surface area (Å²) >= 11 is 13.5. The van der Waals surface area contributed by atoms with E-state index in [2.05, 4.69) is 73.1 Å². The zero-order valence-electron chi connectivity index (χ0n) is 33.7. The molecule has 0 aliphatic carbocycles. The number of fused-ring (bicyclic) bond motifs is 2. The molecule has 0 bridgehead atoms. The number of aryl methyl sites for hydroxylation is 2. The van der Waals surface area contributed by atoms with E-state index in [4.69, 9.17) is 33.4 Å². The average molecular weight is 886 g/mol. The molecule has 0 atom stereocenters. The normalized spacial score (nSPS) is 15.6. The molecule has 6 heterocycles. The SMILES string of the molecule is CC(c1cc(Cl)cc(N2CCN(CCCn3nc4ccccn4c3=O)CC2)c1)c1cc(Cl)cc(N2CCN(CCCn3nc4ccccn4c3=O)CC2)c1.OC(O)C(F)(F)F. The second-order valence-corrected chi connectivity index (χ2v) is 16.2. The van der Waals surface area contributed by atoms with E-state index in [-0.39, 0.29) is 17.3 Å². The van der Waals surface area contributed by atoms with Crippen LogP contribution in [0.4, 0.5) is 24.5 Å². The summed E-state index contributed by atoms with van der Waals surface area (Å²) in [5.41, 5.74) is 5.81. The van der Waals surface area contributed by atoms with Crippen LogP contribution in [0.5, 0.6) is 0 Å². The molecule has 0 unspecified atom stereocenters. The molecule has 0 amide bonds. The third kappa shape index (κ3) is 10.9. The van der Waals surface area contributed by atoms with Crippen LogP contribution in [0.25, 0.3) is 11.3 Å². The van der Waals surface area contributed by atoms with Gasteiger partial charge in [-0.15, -0.1) is 10.2 Å². The molecule has 14 nitrogen and oxygen atoms in total. The number of hydrogen-bond acceptors (Lipinski definition) is 10. The minimum absolute atomic E-state index is 0.0854. The molecular weight excluding hydrogens is 836 g/mol. The molecule has 4 aromatic heterocycles. The van der Waals surface area contributed by atoms with Crippen LogP contribution < -0.4 is 21.2 Å². The lowest BCUT2D eigenvalue weighted by atomic mass is 9.92. The van der Waals surface area contributed by atoms with Crippen LogP contribution in [0.3, 0.4) is 0 Å². The highest BCUT2D eigenvalue weighted by Gasteiger charge is 2.36. The number of pyridine rings is 2. The van der Waals surface area contributed by atoms with Gasteiger partial charge in [0.2, 0.25) is 0 Å². The number of alkyl halides is 3. The Labute approximate surface area is 360 Å². The number of anilines is 2. The van der Waals surface area contributed by atoms with Crippen LogP contribution in [-0.2, 0) is 13.1 Å². The number of aromatic nitrogens is 6. The Morgan fingerprint density at radius 3 is 1.38 bits per heavy atom. The first kappa shape index (κ1) is 44.2. The van der Waals surface area contributed by atoms with Crippen LogP contribution in [0.2, 0.25) is 10.0 Å². The Morgan fingerprint density at radius 1 is 0.623 bits per heavy atom. The molecule has 19 heteroatoms. The van der Waals surface area contributed by atoms with Crippen molar-refractivity contribution in [2.24, 2.45) is 0 Å². The van der Waals surface area contributed by atoms with Gasteiger partial charge in [0.1, 0.15) is 0 Å². The summed E-state index contributed by atoms with van der Waals surface area (Å²) in [5.74, 6) is 0.105. The molecule has 2 aromatic carbocycles. The molecule has 8 rings (SSSR count). The van der Waals surface area contributed by atoms with Gasteiger partial charge >= 0.3 is 17.6 Å². The van der Waals surface area contributed by atoms with Gasteiger partial charge in [0.15, 0.2) is 11.3 Å². The van der Waals surface area contributed by atoms with E-state index < -0.39 is 12.5 Å². The van der Waals surface area contributed by atoms with E-state index in [9.17, 15) is 22.8 Å². The molecule has 2 aliphatic heterocycles. The fourth-order valence-corrected chi connectivity index (χ4v) is 8.30. The van der Waals surface area contributed by atoms with Crippen molar-refractivity contribution >= 4 is 45.9 Å². The fourth-order valence-electron chi connectivity index (χ4n) is 7.83. The van der Waals surface area contributed by atoms with E-state index >= 15 is 0 Å². The Morgan fingerprint density at radius 2 is 1.02 bits per heavy atom. The molecule has 61 heavy (non-hydrogen) atoms. The number of piperazine rings is 2. The highest BCUT2D eigenvalue weighted by molar-refractivity contribution is 6.31. The quantitative estimate of drug-likeness (QED) is 0.161. The topological polar surface area (TPSA) is 132 Å². The highest BCUT2D eigenvalue weighted by Crippen LogP contribution is 2.35. The Kier molecular flexibility index (Phi) is 14.1. The van der Waals surface area contributed by atoms with E-state index in [1.165, 1.54) is 11.1 Å². The van der Waals surface area contributed by atoms with Crippen LogP contribution in [0.15, 0.2) is 94.8 Å². The summed E-state index contributed by atoms with van der Waals surface area (Å²) in [6, 6.07) is 24.1. The first-order valence-corrected chi connectivity index (χ1v) is 21.1. The van der Waals surface area contributed by atoms with Gasteiger partial charge in [0.05, 0.1) is 0 Å². The van der Waals surface area contributed by atoms with Gasteiger partial charge in [-0.25, -0.2) is 19.0 Å². The summed E-state index contributed by atoms with van der Waals surface area (Å²) in [4.78, 5) is 35.0. The number of benzene rings is 2. The lowest BCUT2D eigenvalue weighted by Crippen LogP contribution is -2.47. The van der Waals surface area contributed by atoms with Crippen molar-refractivity contribution in [1.29, 1.82) is 0 Å². The van der Waals surface area contributed by atoms with Crippen molar-refractivity contribution in [3.63, 3.8) is 0 Å². The van der Waals surface area contributed by atoms with Gasteiger partial charge in [-0.05, 0) is 84.6 Å². The fraction of sp³-hybridized carbons (Fsp3) is 0.429. The molecule has 2 aliphatic rings. The third-order valence-corrected chi connectivity index (χ3v) is 11.7. The molecule has 326 valence electrons. The maximum Gasteiger partial charge on any atom is 0.439 e. The molecule has 6 aromatic rings. The van der Waals surface area contributed by atoms with E-state index in [0.717, 1.165) is 99.7 Å². The summed E-state index contributed by atoms with van der Waals surface area (Å²) in [6.07, 6.45) is -2.83. The standard InChI is InChI=1S/C40H46Cl2N10O2.C2H3F3O2/c1-30(31-24-33(41)28-35(26-31)47-20-16-45(17-21-47)10-6-14-51-39(53)49-12-4-2-8-37(49)43-51)32-25-34(42)29-36(27-32)48-22-18-46(19-23-48)11-7-15-52-40(54)50-13-5-3-9-38(50)44-52;3-2(4,5)1(6)7/h2-5,8-9,12-13,24-30H,6-7,10-11,14-23H2,1H3;1,6-7H. The maximum absolute atomic E-state index is 12.6. The molecule has 0 spiro atoms. The predicted octanol–water partition coefficient (Wildman–Crippen LogP) is 5.05. The summed E-state index contributed by atoms with van der Waals surface area (Å²) in [6.45, 7) is 12.7. The van der Waals surface area contributed by atoms with Crippen molar-refractivity contribution < 1.29 is 23.4 Å². The summed E-state index contributed by atoms with van der Waals surface area (Å²) < 4.78 is 38.4. The maximum atomic E-state index is 12.6. The molecular formula is C42H49Cl2F3N10O4. The first-order valence-electron chi connectivity index (χ1n) is 20.3. The number of rotatable bonds is 12. The molecule has 2 saturated heterocycles. The minimum atomic E-state index is -4.89. The van der Waals surface area contributed by atoms with Crippen molar-refractivity contribution in [1.82, 2.24) is 38.2 Å². The van der Waals surface area contributed by atoms with Gasteiger partial charge in [-0.3, -0.25) is 18.6 Å². The number of hydrogen-bond donors (Lipinski definition) is 2. The Bertz CT molecular complexity index is 2360. The molecule has 2 fully saturated rings. The van der Waals surface area contributed by atoms with Crippen molar-refractivity contribution in [2.75, 3.05) is 75.2 Å². The zero-order valence-corrected chi connectivity index (χ0v) is 35.2.